The van der Waals surface area contributed by atoms with E-state index in [1.54, 1.807) is 6.07 Å². The zero-order chi connectivity index (χ0) is 24.6. The van der Waals surface area contributed by atoms with Crippen molar-refractivity contribution >= 4 is 27.6 Å². The summed E-state index contributed by atoms with van der Waals surface area (Å²) in [4.78, 5) is 24.3. The largest absolute Gasteiger partial charge is 0.573 e. The first-order valence-corrected chi connectivity index (χ1v) is 10.7. The summed E-state index contributed by atoms with van der Waals surface area (Å²) < 4.78 is 71.7. The molecule has 176 valence electrons. The van der Waals surface area contributed by atoms with Crippen LogP contribution in [0.25, 0.3) is 0 Å². The summed E-state index contributed by atoms with van der Waals surface area (Å²) >= 11 is 0. The molecule has 0 heterocycles. The monoisotopic (exact) mass is 485 g/mol. The standard InChI is InChI=1S/C20H18F3N3O6S/c1-13(18(27)26-15-5-7-16(8-6-15)32-20(21,22)23)31-19(28)14-3-9-17(10-4-14)33(29,30)25-12-2-11-24/h3-10,13,25H,2,12H2,1H3,(H,26,27)/t13-/m1/s1. The molecule has 0 unspecified atom stereocenters. The Morgan fingerprint density at radius 3 is 2.24 bits per heavy atom. The van der Waals surface area contributed by atoms with Gasteiger partial charge in [-0.3, -0.25) is 4.79 Å². The fraction of sp³-hybridized carbons (Fsp3) is 0.250. The highest BCUT2D eigenvalue weighted by Gasteiger charge is 2.31. The topological polar surface area (TPSA) is 135 Å². The molecule has 9 nitrogen and oxygen atoms in total. The van der Waals surface area contributed by atoms with E-state index in [-0.39, 0.29) is 29.1 Å². The third-order valence-electron chi connectivity index (χ3n) is 3.94. The molecule has 33 heavy (non-hydrogen) atoms. The lowest BCUT2D eigenvalue weighted by Gasteiger charge is -2.14. The first kappa shape index (κ1) is 25.6. The number of hydrogen-bond donors (Lipinski definition) is 2. The maximum atomic E-state index is 12.2. The second-order valence-corrected chi connectivity index (χ2v) is 8.21. The van der Waals surface area contributed by atoms with Crippen molar-refractivity contribution in [1.29, 1.82) is 5.26 Å². The van der Waals surface area contributed by atoms with E-state index in [0.29, 0.717) is 0 Å². The molecule has 0 aliphatic heterocycles. The molecule has 0 aliphatic carbocycles. The Hall–Kier alpha value is -3.63. The first-order chi connectivity index (χ1) is 15.4. The molecule has 2 aromatic carbocycles. The maximum Gasteiger partial charge on any atom is 0.573 e. The fourth-order valence-electron chi connectivity index (χ4n) is 2.36. The Labute approximate surface area is 187 Å². The van der Waals surface area contributed by atoms with Crippen LogP contribution in [-0.2, 0) is 19.6 Å². The van der Waals surface area contributed by atoms with E-state index in [9.17, 15) is 31.2 Å². The normalized spacial score (nSPS) is 12.3. The summed E-state index contributed by atoms with van der Waals surface area (Å²) in [6.07, 6.45) is -6.11. The molecule has 0 aromatic heterocycles. The van der Waals surface area contributed by atoms with Crippen molar-refractivity contribution in [2.24, 2.45) is 0 Å². The van der Waals surface area contributed by atoms with Gasteiger partial charge in [0, 0.05) is 18.7 Å². The van der Waals surface area contributed by atoms with Gasteiger partial charge in [0.25, 0.3) is 5.91 Å². The SMILES string of the molecule is C[C@@H](OC(=O)c1ccc(S(=O)(=O)NCCC#N)cc1)C(=O)Nc1ccc(OC(F)(F)F)cc1. The van der Waals surface area contributed by atoms with E-state index in [1.165, 1.54) is 43.3 Å². The summed E-state index contributed by atoms with van der Waals surface area (Å²) in [5.74, 6) is -2.10. The molecule has 13 heteroatoms. The van der Waals surface area contributed by atoms with Crippen molar-refractivity contribution in [3.63, 3.8) is 0 Å². The van der Waals surface area contributed by atoms with Gasteiger partial charge in [-0.15, -0.1) is 13.2 Å². The van der Waals surface area contributed by atoms with Crippen LogP contribution in [0, 0.1) is 11.3 Å². The van der Waals surface area contributed by atoms with Gasteiger partial charge in [0.1, 0.15) is 5.75 Å². The lowest BCUT2D eigenvalue weighted by Crippen LogP contribution is -2.30. The smallest absolute Gasteiger partial charge is 0.449 e. The van der Waals surface area contributed by atoms with Crippen LogP contribution in [0.1, 0.15) is 23.7 Å². The summed E-state index contributed by atoms with van der Waals surface area (Å²) in [6, 6.07) is 10.9. The number of halogens is 3. The van der Waals surface area contributed by atoms with Crippen molar-refractivity contribution in [1.82, 2.24) is 4.72 Å². The number of nitrogens with zero attached hydrogens (tertiary/aromatic N) is 1. The van der Waals surface area contributed by atoms with Crippen molar-refractivity contribution in [2.45, 2.75) is 30.7 Å². The van der Waals surface area contributed by atoms with Crippen LogP contribution in [0.3, 0.4) is 0 Å². The predicted molar refractivity (Wildman–Crippen MR) is 108 cm³/mol. The minimum Gasteiger partial charge on any atom is -0.449 e. The van der Waals surface area contributed by atoms with Crippen LogP contribution in [0.15, 0.2) is 53.4 Å². The summed E-state index contributed by atoms with van der Waals surface area (Å²) in [5, 5.41) is 10.8. The fourth-order valence-corrected chi connectivity index (χ4v) is 3.39. The van der Waals surface area contributed by atoms with Crippen LogP contribution < -0.4 is 14.8 Å². The van der Waals surface area contributed by atoms with Gasteiger partial charge < -0.3 is 14.8 Å². The number of anilines is 1. The molecule has 0 saturated carbocycles. The minimum atomic E-state index is -4.84. The number of alkyl halides is 3. The quantitative estimate of drug-likeness (QED) is 0.412. The zero-order valence-corrected chi connectivity index (χ0v) is 17.9. The summed E-state index contributed by atoms with van der Waals surface area (Å²) in [5.41, 5.74) is 0.134. The molecule has 0 aliphatic rings. The number of amides is 1. The number of esters is 1. The number of carbonyl (C=O) groups excluding carboxylic acids is 2. The van der Waals surface area contributed by atoms with Crippen LogP contribution in [0.2, 0.25) is 0 Å². The van der Waals surface area contributed by atoms with Crippen LogP contribution in [0.5, 0.6) is 5.75 Å². The molecule has 0 radical (unpaired) electrons. The molecule has 0 fully saturated rings. The molecule has 2 N–H and O–H groups in total. The third kappa shape index (κ3) is 8.09. The second kappa shape index (κ2) is 10.8. The number of sulfonamides is 1. The molecule has 1 amide bonds. The van der Waals surface area contributed by atoms with Gasteiger partial charge in [0.15, 0.2) is 6.10 Å². The van der Waals surface area contributed by atoms with Crippen molar-refractivity contribution in [3.8, 4) is 11.8 Å². The van der Waals surface area contributed by atoms with E-state index in [4.69, 9.17) is 10.00 Å². The van der Waals surface area contributed by atoms with Crippen LogP contribution in [-0.4, -0.2) is 39.3 Å². The third-order valence-corrected chi connectivity index (χ3v) is 5.41. The highest BCUT2D eigenvalue weighted by Crippen LogP contribution is 2.24. The number of hydrogen-bond acceptors (Lipinski definition) is 7. The van der Waals surface area contributed by atoms with E-state index < -0.39 is 40.1 Å². The van der Waals surface area contributed by atoms with Crippen molar-refractivity contribution in [3.05, 3.63) is 54.1 Å². The Bertz CT molecular complexity index is 1130. The number of ether oxygens (including phenoxy) is 2. The number of nitriles is 1. The first-order valence-electron chi connectivity index (χ1n) is 9.25. The lowest BCUT2D eigenvalue weighted by atomic mass is 10.2. The van der Waals surface area contributed by atoms with Gasteiger partial charge >= 0.3 is 12.3 Å². The van der Waals surface area contributed by atoms with Gasteiger partial charge in [-0.25, -0.2) is 17.9 Å². The highest BCUT2D eigenvalue weighted by molar-refractivity contribution is 7.89. The average Bonchev–Trinajstić information content (AvgIpc) is 2.74. The van der Waals surface area contributed by atoms with E-state index >= 15 is 0 Å². The van der Waals surface area contributed by atoms with Crippen molar-refractivity contribution < 1.29 is 40.7 Å². The maximum absolute atomic E-state index is 12.2. The molecule has 0 spiro atoms. The second-order valence-electron chi connectivity index (χ2n) is 6.44. The summed E-state index contributed by atoms with van der Waals surface area (Å²) in [6.45, 7) is 1.22. The van der Waals surface area contributed by atoms with Gasteiger partial charge in [-0.05, 0) is 55.5 Å². The zero-order valence-electron chi connectivity index (χ0n) is 17.0. The highest BCUT2D eigenvalue weighted by atomic mass is 32.2. The van der Waals surface area contributed by atoms with Crippen molar-refractivity contribution in [2.75, 3.05) is 11.9 Å². The number of nitrogens with one attached hydrogen (secondary N) is 2. The Morgan fingerprint density at radius 2 is 1.70 bits per heavy atom. The Kier molecular flexibility index (Phi) is 8.38. The Balaban J connectivity index is 1.94. The van der Waals surface area contributed by atoms with Crippen LogP contribution >= 0.6 is 0 Å². The van der Waals surface area contributed by atoms with Gasteiger partial charge in [0.2, 0.25) is 10.0 Å². The molecular weight excluding hydrogens is 467 g/mol. The lowest BCUT2D eigenvalue weighted by molar-refractivity contribution is -0.274. The molecule has 2 aromatic rings. The number of rotatable bonds is 9. The van der Waals surface area contributed by atoms with Gasteiger partial charge in [0.05, 0.1) is 16.5 Å². The molecule has 0 bridgehead atoms. The van der Waals surface area contributed by atoms with Crippen LogP contribution in [0.4, 0.5) is 18.9 Å². The van der Waals surface area contributed by atoms with Gasteiger partial charge in [-0.2, -0.15) is 5.26 Å². The van der Waals surface area contributed by atoms with E-state index in [2.05, 4.69) is 14.8 Å². The number of benzene rings is 2. The predicted octanol–water partition coefficient (Wildman–Crippen LogP) is 2.96. The minimum absolute atomic E-state index is 0.00489. The molecule has 0 saturated heterocycles. The number of carbonyl (C=O) groups is 2. The summed E-state index contributed by atoms with van der Waals surface area (Å²) in [7, 11) is -3.85. The average molecular weight is 485 g/mol. The van der Waals surface area contributed by atoms with E-state index in [1.807, 2.05) is 0 Å². The molecule has 1 atom stereocenters. The molecular formula is C20H18F3N3O6S. The Morgan fingerprint density at radius 1 is 1.09 bits per heavy atom. The van der Waals surface area contributed by atoms with E-state index in [0.717, 1.165) is 12.1 Å². The molecule has 2 rings (SSSR count). The van der Waals surface area contributed by atoms with Gasteiger partial charge in [-0.1, -0.05) is 0 Å².